The molecule has 0 radical (unpaired) electrons. The topological polar surface area (TPSA) is 76.4 Å². The van der Waals surface area contributed by atoms with Crippen molar-refractivity contribution in [2.45, 2.75) is 37.8 Å². The van der Waals surface area contributed by atoms with E-state index < -0.39 is 12.3 Å². The molecule has 150 valence electrons. The average molecular weight is 393 g/mol. The lowest BCUT2D eigenvalue weighted by Crippen LogP contribution is -2.45. The zero-order valence-corrected chi connectivity index (χ0v) is 15.1. The Bertz CT molecular complexity index is 812. The number of rotatable bonds is 6. The van der Waals surface area contributed by atoms with Crippen LogP contribution in [0.25, 0.3) is 0 Å². The second-order valence-electron chi connectivity index (χ2n) is 6.71. The number of ether oxygens (including phenoxy) is 1. The first-order valence-electron chi connectivity index (χ1n) is 9.03. The molecule has 2 aromatic rings. The summed E-state index contributed by atoms with van der Waals surface area (Å²) in [5, 5.41) is 6.77. The van der Waals surface area contributed by atoms with Gasteiger partial charge in [-0.3, -0.25) is 4.79 Å². The third kappa shape index (κ3) is 5.24. The van der Waals surface area contributed by atoms with Crippen LogP contribution in [-0.4, -0.2) is 24.9 Å². The number of halogens is 3. The van der Waals surface area contributed by atoms with Gasteiger partial charge in [0.15, 0.2) is 0 Å². The van der Waals surface area contributed by atoms with Crippen LogP contribution in [0.4, 0.5) is 13.2 Å². The van der Waals surface area contributed by atoms with Gasteiger partial charge < -0.3 is 21.1 Å². The van der Waals surface area contributed by atoms with E-state index >= 15 is 0 Å². The number of piperidine rings is 1. The van der Waals surface area contributed by atoms with E-state index in [9.17, 15) is 18.0 Å². The predicted molar refractivity (Wildman–Crippen MR) is 98.7 cm³/mol. The number of carbonyl (C=O) groups excluding carboxylic acids is 1. The Morgan fingerprint density at radius 2 is 1.96 bits per heavy atom. The fraction of sp³-hybridized carbons (Fsp3) is 0.350. The van der Waals surface area contributed by atoms with Gasteiger partial charge in [-0.1, -0.05) is 30.3 Å². The predicted octanol–water partition coefficient (Wildman–Crippen LogP) is 3.27. The lowest BCUT2D eigenvalue weighted by molar-refractivity contribution is -0.274. The molecule has 0 spiro atoms. The van der Waals surface area contributed by atoms with Crippen molar-refractivity contribution in [2.24, 2.45) is 5.73 Å². The zero-order valence-electron chi connectivity index (χ0n) is 15.1. The maximum Gasteiger partial charge on any atom is 0.573 e. The Kier molecular flexibility index (Phi) is 6.21. The molecule has 4 N–H and O–H groups in total. The van der Waals surface area contributed by atoms with E-state index in [0.29, 0.717) is 0 Å². The summed E-state index contributed by atoms with van der Waals surface area (Å²) in [4.78, 5) is 11.4. The molecule has 0 aromatic heterocycles. The zero-order chi connectivity index (χ0) is 20.1. The SMILES string of the molecule is NC(=O)c1ccc(OC(F)(F)F)c(CN[C@H]2CCCN[C@@H]2c2ccccc2)c1. The first-order valence-corrected chi connectivity index (χ1v) is 9.03. The van der Waals surface area contributed by atoms with E-state index in [1.54, 1.807) is 0 Å². The Labute approximate surface area is 161 Å². The van der Waals surface area contributed by atoms with Crippen LogP contribution in [0.1, 0.15) is 40.4 Å². The normalized spacial score (nSPS) is 20.0. The molecule has 2 atom stereocenters. The standard InChI is InChI=1S/C20H22F3N3O2/c21-20(22,23)28-17-9-8-14(19(24)27)11-15(17)12-26-16-7-4-10-25-18(16)13-5-2-1-3-6-13/h1-3,5-6,8-9,11,16,18,25-26H,4,7,10,12H2,(H2,24,27)/t16-,18+/m0/s1. The van der Waals surface area contributed by atoms with E-state index in [1.165, 1.54) is 12.1 Å². The molecule has 1 saturated heterocycles. The molecule has 28 heavy (non-hydrogen) atoms. The molecule has 5 nitrogen and oxygen atoms in total. The van der Waals surface area contributed by atoms with Crippen LogP contribution in [0.2, 0.25) is 0 Å². The highest BCUT2D eigenvalue weighted by molar-refractivity contribution is 5.93. The lowest BCUT2D eigenvalue weighted by Gasteiger charge is -2.34. The molecule has 0 aliphatic carbocycles. The van der Waals surface area contributed by atoms with Crippen LogP contribution in [0.3, 0.4) is 0 Å². The first kappa shape index (κ1) is 20.2. The van der Waals surface area contributed by atoms with E-state index in [-0.39, 0.29) is 35.5 Å². The van der Waals surface area contributed by atoms with Crippen molar-refractivity contribution in [1.82, 2.24) is 10.6 Å². The molecule has 1 amide bonds. The van der Waals surface area contributed by atoms with E-state index in [4.69, 9.17) is 5.73 Å². The number of nitrogens with one attached hydrogen (secondary N) is 2. The quantitative estimate of drug-likeness (QED) is 0.704. The highest BCUT2D eigenvalue weighted by Crippen LogP contribution is 2.29. The van der Waals surface area contributed by atoms with Crippen molar-refractivity contribution in [3.8, 4) is 5.75 Å². The van der Waals surface area contributed by atoms with Gasteiger partial charge >= 0.3 is 6.36 Å². The summed E-state index contributed by atoms with van der Waals surface area (Å²) in [6.45, 7) is 0.986. The highest BCUT2D eigenvalue weighted by atomic mass is 19.4. The minimum absolute atomic E-state index is 0.0205. The number of benzene rings is 2. The van der Waals surface area contributed by atoms with Crippen LogP contribution in [0.15, 0.2) is 48.5 Å². The van der Waals surface area contributed by atoms with Crippen molar-refractivity contribution in [1.29, 1.82) is 0 Å². The van der Waals surface area contributed by atoms with Gasteiger partial charge in [0.25, 0.3) is 0 Å². The minimum Gasteiger partial charge on any atom is -0.405 e. The molecule has 1 aliphatic rings. The summed E-state index contributed by atoms with van der Waals surface area (Å²) in [6.07, 6.45) is -2.99. The fourth-order valence-corrected chi connectivity index (χ4v) is 3.46. The number of primary amides is 1. The Hall–Kier alpha value is -2.58. The van der Waals surface area contributed by atoms with Crippen molar-refractivity contribution < 1.29 is 22.7 Å². The number of hydrogen-bond donors (Lipinski definition) is 3. The number of amides is 1. The van der Waals surface area contributed by atoms with Crippen molar-refractivity contribution >= 4 is 5.91 Å². The van der Waals surface area contributed by atoms with E-state index in [0.717, 1.165) is 31.0 Å². The lowest BCUT2D eigenvalue weighted by atomic mass is 9.92. The molecular formula is C20H22F3N3O2. The van der Waals surface area contributed by atoms with Crippen molar-refractivity contribution in [3.05, 3.63) is 65.2 Å². The second kappa shape index (κ2) is 8.62. The van der Waals surface area contributed by atoms with E-state index in [1.807, 2.05) is 30.3 Å². The Balaban J connectivity index is 1.79. The molecule has 0 bridgehead atoms. The van der Waals surface area contributed by atoms with Crippen LogP contribution in [0.5, 0.6) is 5.75 Å². The van der Waals surface area contributed by atoms with Gasteiger partial charge in [0, 0.05) is 29.8 Å². The molecule has 0 unspecified atom stereocenters. The first-order chi connectivity index (χ1) is 13.3. The summed E-state index contributed by atoms with van der Waals surface area (Å²) in [6, 6.07) is 13.6. The van der Waals surface area contributed by atoms with Crippen LogP contribution >= 0.6 is 0 Å². The van der Waals surface area contributed by atoms with Gasteiger partial charge in [-0.25, -0.2) is 0 Å². The summed E-state index contributed by atoms with van der Waals surface area (Å²) in [5.41, 5.74) is 6.73. The number of carbonyl (C=O) groups is 1. The molecule has 8 heteroatoms. The van der Waals surface area contributed by atoms with Gasteiger partial charge in [0.05, 0.1) is 0 Å². The maximum absolute atomic E-state index is 12.7. The Morgan fingerprint density at radius 1 is 1.21 bits per heavy atom. The molecular weight excluding hydrogens is 371 g/mol. The second-order valence-corrected chi connectivity index (χ2v) is 6.71. The largest absolute Gasteiger partial charge is 0.573 e. The van der Waals surface area contributed by atoms with Gasteiger partial charge in [0.1, 0.15) is 5.75 Å². The van der Waals surface area contributed by atoms with Crippen LogP contribution < -0.4 is 21.1 Å². The number of alkyl halides is 3. The van der Waals surface area contributed by atoms with Gasteiger partial charge in [-0.15, -0.1) is 13.2 Å². The van der Waals surface area contributed by atoms with Crippen LogP contribution in [-0.2, 0) is 6.54 Å². The smallest absolute Gasteiger partial charge is 0.405 e. The van der Waals surface area contributed by atoms with Crippen LogP contribution in [0, 0.1) is 0 Å². The molecule has 1 heterocycles. The third-order valence-corrected chi connectivity index (χ3v) is 4.74. The van der Waals surface area contributed by atoms with Gasteiger partial charge in [-0.2, -0.15) is 0 Å². The summed E-state index contributed by atoms with van der Waals surface area (Å²) < 4.78 is 42.3. The highest BCUT2D eigenvalue weighted by Gasteiger charge is 2.32. The average Bonchev–Trinajstić information content (AvgIpc) is 2.67. The molecule has 1 fully saturated rings. The van der Waals surface area contributed by atoms with Gasteiger partial charge in [0.2, 0.25) is 5.91 Å². The molecule has 1 aliphatic heterocycles. The monoisotopic (exact) mass is 393 g/mol. The summed E-state index contributed by atoms with van der Waals surface area (Å²) in [5.74, 6) is -1.05. The van der Waals surface area contributed by atoms with Crippen molar-refractivity contribution in [3.63, 3.8) is 0 Å². The van der Waals surface area contributed by atoms with Gasteiger partial charge in [-0.05, 0) is 43.1 Å². The number of hydrogen-bond acceptors (Lipinski definition) is 4. The molecule has 0 saturated carbocycles. The molecule has 3 rings (SSSR count). The summed E-state index contributed by atoms with van der Waals surface area (Å²) in [7, 11) is 0. The fourth-order valence-electron chi connectivity index (χ4n) is 3.46. The third-order valence-electron chi connectivity index (χ3n) is 4.74. The maximum atomic E-state index is 12.7. The molecule has 2 aromatic carbocycles. The van der Waals surface area contributed by atoms with Crippen molar-refractivity contribution in [2.75, 3.05) is 6.54 Å². The van der Waals surface area contributed by atoms with E-state index in [2.05, 4.69) is 15.4 Å². The number of nitrogens with two attached hydrogens (primary N) is 1. The minimum atomic E-state index is -4.82. The summed E-state index contributed by atoms with van der Waals surface area (Å²) >= 11 is 0. The Morgan fingerprint density at radius 3 is 2.64 bits per heavy atom.